The van der Waals surface area contributed by atoms with Gasteiger partial charge in [0.05, 0.1) is 0 Å². The SMILES string of the molecule is CC(C)c1ccc([PH](=O)c2ccc(C(C)C)cc2)cc1. The van der Waals surface area contributed by atoms with Crippen LogP contribution in [0.25, 0.3) is 0 Å². The van der Waals surface area contributed by atoms with E-state index < -0.39 is 7.80 Å². The number of rotatable bonds is 4. The van der Waals surface area contributed by atoms with Crippen molar-refractivity contribution in [2.75, 3.05) is 0 Å². The van der Waals surface area contributed by atoms with E-state index in [-0.39, 0.29) is 0 Å². The highest BCUT2D eigenvalue weighted by Gasteiger charge is 2.08. The topological polar surface area (TPSA) is 17.1 Å². The third kappa shape index (κ3) is 3.41. The lowest BCUT2D eigenvalue weighted by atomic mass is 10.0. The lowest BCUT2D eigenvalue weighted by molar-refractivity contribution is 0.598. The van der Waals surface area contributed by atoms with E-state index in [1.54, 1.807) is 0 Å². The van der Waals surface area contributed by atoms with Gasteiger partial charge in [0.1, 0.15) is 7.80 Å². The Bertz CT molecular complexity index is 526. The van der Waals surface area contributed by atoms with E-state index in [4.69, 9.17) is 0 Å². The van der Waals surface area contributed by atoms with E-state index in [0.717, 1.165) is 10.6 Å². The third-order valence-corrected chi connectivity index (χ3v) is 5.39. The first-order chi connectivity index (χ1) is 9.49. The average Bonchev–Trinajstić information content (AvgIpc) is 2.46. The zero-order chi connectivity index (χ0) is 14.7. The zero-order valence-corrected chi connectivity index (χ0v) is 13.7. The molecule has 0 bridgehead atoms. The summed E-state index contributed by atoms with van der Waals surface area (Å²) in [5.74, 6) is 1.02. The molecule has 0 spiro atoms. The maximum atomic E-state index is 12.6. The molecular formula is C18H23OP. The maximum absolute atomic E-state index is 12.6. The molecule has 0 aliphatic carbocycles. The van der Waals surface area contributed by atoms with Gasteiger partial charge in [0.15, 0.2) is 0 Å². The first kappa shape index (κ1) is 15.1. The predicted molar refractivity (Wildman–Crippen MR) is 89.3 cm³/mol. The molecule has 0 N–H and O–H groups in total. The summed E-state index contributed by atoms with van der Waals surface area (Å²) in [5, 5.41) is 1.88. The highest BCUT2D eigenvalue weighted by molar-refractivity contribution is 7.61. The molecule has 0 saturated heterocycles. The van der Waals surface area contributed by atoms with Gasteiger partial charge in [-0.25, -0.2) is 0 Å². The molecule has 0 amide bonds. The average molecular weight is 286 g/mol. The molecule has 0 aliphatic rings. The van der Waals surface area contributed by atoms with E-state index in [1.165, 1.54) is 11.1 Å². The fraction of sp³-hybridized carbons (Fsp3) is 0.333. The van der Waals surface area contributed by atoms with Crippen LogP contribution in [0.2, 0.25) is 0 Å². The Kier molecular flexibility index (Phi) is 4.83. The molecule has 2 aromatic rings. The summed E-state index contributed by atoms with van der Waals surface area (Å²) >= 11 is 0. The molecule has 2 aromatic carbocycles. The van der Waals surface area contributed by atoms with Crippen molar-refractivity contribution in [3.05, 3.63) is 59.7 Å². The van der Waals surface area contributed by atoms with Crippen molar-refractivity contribution in [2.45, 2.75) is 39.5 Å². The Morgan fingerprint density at radius 1 is 0.650 bits per heavy atom. The van der Waals surface area contributed by atoms with Crippen LogP contribution in [0.4, 0.5) is 0 Å². The van der Waals surface area contributed by atoms with E-state index >= 15 is 0 Å². The Hall–Kier alpha value is -1.33. The normalized spacial score (nSPS) is 11.6. The summed E-state index contributed by atoms with van der Waals surface area (Å²) in [4.78, 5) is 0. The lowest BCUT2D eigenvalue weighted by Gasteiger charge is -2.09. The number of hydrogen-bond donors (Lipinski definition) is 0. The highest BCUT2D eigenvalue weighted by atomic mass is 31.1. The first-order valence-electron chi connectivity index (χ1n) is 7.23. The third-order valence-electron chi connectivity index (χ3n) is 3.68. The smallest absolute Gasteiger partial charge is 0.131 e. The Balaban J connectivity index is 2.22. The van der Waals surface area contributed by atoms with Gasteiger partial charge < -0.3 is 4.57 Å². The lowest BCUT2D eigenvalue weighted by Crippen LogP contribution is -2.07. The molecule has 106 valence electrons. The molecule has 0 saturated carbocycles. The van der Waals surface area contributed by atoms with Crippen molar-refractivity contribution < 1.29 is 4.57 Å². The molecule has 2 heteroatoms. The molecule has 0 fully saturated rings. The van der Waals surface area contributed by atoms with E-state index in [2.05, 4.69) is 52.0 Å². The molecule has 0 aliphatic heterocycles. The summed E-state index contributed by atoms with van der Waals surface area (Å²) in [6, 6.07) is 16.4. The van der Waals surface area contributed by atoms with E-state index in [9.17, 15) is 4.57 Å². The molecule has 20 heavy (non-hydrogen) atoms. The number of hydrogen-bond acceptors (Lipinski definition) is 1. The Morgan fingerprint density at radius 2 is 0.950 bits per heavy atom. The second kappa shape index (κ2) is 6.41. The largest absolute Gasteiger partial charge is 0.317 e. The van der Waals surface area contributed by atoms with Crippen molar-refractivity contribution in [2.24, 2.45) is 0 Å². The van der Waals surface area contributed by atoms with Gasteiger partial charge in [0, 0.05) is 10.6 Å². The number of benzene rings is 2. The zero-order valence-electron chi connectivity index (χ0n) is 12.7. The van der Waals surface area contributed by atoms with Gasteiger partial charge in [0.2, 0.25) is 0 Å². The van der Waals surface area contributed by atoms with E-state index in [0.29, 0.717) is 11.8 Å². The van der Waals surface area contributed by atoms with Crippen LogP contribution in [0, 0.1) is 0 Å². The summed E-state index contributed by atoms with van der Waals surface area (Å²) < 4.78 is 12.6. The summed E-state index contributed by atoms with van der Waals surface area (Å²) in [7, 11) is -1.88. The molecule has 0 heterocycles. The fourth-order valence-corrected chi connectivity index (χ4v) is 3.48. The van der Waals surface area contributed by atoms with Gasteiger partial charge in [0.25, 0.3) is 0 Å². The highest BCUT2D eigenvalue weighted by Crippen LogP contribution is 2.23. The molecular weight excluding hydrogens is 263 g/mol. The Labute approximate surface area is 122 Å². The molecule has 0 radical (unpaired) electrons. The van der Waals surface area contributed by atoms with Crippen molar-refractivity contribution in [3.63, 3.8) is 0 Å². The minimum absolute atomic E-state index is 0.511. The van der Waals surface area contributed by atoms with Gasteiger partial charge in [-0.2, -0.15) is 0 Å². The van der Waals surface area contributed by atoms with Crippen LogP contribution < -0.4 is 10.6 Å². The van der Waals surface area contributed by atoms with Gasteiger partial charge >= 0.3 is 0 Å². The molecule has 0 aromatic heterocycles. The Morgan fingerprint density at radius 3 is 1.20 bits per heavy atom. The predicted octanol–water partition coefficient (Wildman–Crippen LogP) is 4.44. The van der Waals surface area contributed by atoms with Crippen molar-refractivity contribution in [3.8, 4) is 0 Å². The second-order valence-corrected chi connectivity index (χ2v) is 7.70. The molecule has 1 nitrogen and oxygen atoms in total. The van der Waals surface area contributed by atoms with Gasteiger partial charge in [-0.15, -0.1) is 0 Å². The van der Waals surface area contributed by atoms with Crippen LogP contribution in [-0.2, 0) is 4.57 Å². The second-order valence-electron chi connectivity index (χ2n) is 5.88. The maximum Gasteiger partial charge on any atom is 0.131 e. The molecule has 0 atom stereocenters. The van der Waals surface area contributed by atoms with Crippen LogP contribution in [0.3, 0.4) is 0 Å². The minimum Gasteiger partial charge on any atom is -0.317 e. The standard InChI is InChI=1S/C18H23OP/c1-13(2)15-5-9-17(10-6-15)20(19)18-11-7-16(8-12-18)14(3)4/h5-14,20H,1-4H3. The van der Waals surface area contributed by atoms with Crippen molar-refractivity contribution in [1.29, 1.82) is 0 Å². The van der Waals surface area contributed by atoms with Crippen LogP contribution in [0.1, 0.15) is 50.7 Å². The van der Waals surface area contributed by atoms with Crippen molar-refractivity contribution >= 4 is 18.4 Å². The minimum atomic E-state index is -1.88. The van der Waals surface area contributed by atoms with Gasteiger partial charge in [-0.1, -0.05) is 76.2 Å². The summed E-state index contributed by atoms with van der Waals surface area (Å²) in [6.07, 6.45) is 0. The molecule has 2 rings (SSSR count). The van der Waals surface area contributed by atoms with Crippen LogP contribution >= 0.6 is 7.80 Å². The van der Waals surface area contributed by atoms with Crippen LogP contribution in [-0.4, -0.2) is 0 Å². The van der Waals surface area contributed by atoms with Crippen molar-refractivity contribution in [1.82, 2.24) is 0 Å². The monoisotopic (exact) mass is 286 g/mol. The first-order valence-corrected chi connectivity index (χ1v) is 8.64. The molecule has 0 unspecified atom stereocenters. The quantitative estimate of drug-likeness (QED) is 0.759. The summed E-state index contributed by atoms with van der Waals surface area (Å²) in [5.41, 5.74) is 2.58. The fourth-order valence-electron chi connectivity index (χ4n) is 2.21. The van der Waals surface area contributed by atoms with Gasteiger partial charge in [-0.3, -0.25) is 0 Å². The van der Waals surface area contributed by atoms with E-state index in [1.807, 2.05) is 24.3 Å². The van der Waals surface area contributed by atoms with Gasteiger partial charge in [-0.05, 0) is 23.0 Å². The summed E-state index contributed by atoms with van der Waals surface area (Å²) in [6.45, 7) is 8.68. The van der Waals surface area contributed by atoms with Crippen LogP contribution in [0.5, 0.6) is 0 Å². The van der Waals surface area contributed by atoms with Crippen LogP contribution in [0.15, 0.2) is 48.5 Å².